The van der Waals surface area contributed by atoms with E-state index >= 15 is 0 Å². The molecule has 6 heteroatoms. The summed E-state index contributed by atoms with van der Waals surface area (Å²) in [6.45, 7) is 0. The molecule has 0 fully saturated rings. The Labute approximate surface area is 130 Å². The Bertz CT molecular complexity index is 961. The van der Waals surface area contributed by atoms with Gasteiger partial charge in [-0.05, 0) is 30.3 Å². The van der Waals surface area contributed by atoms with Crippen molar-refractivity contribution in [1.82, 2.24) is 4.98 Å². The number of carboxylic acid groups (broad SMARTS) is 1. The first kappa shape index (κ1) is 14.5. The van der Waals surface area contributed by atoms with E-state index in [1.807, 2.05) is 6.07 Å². The summed E-state index contributed by atoms with van der Waals surface area (Å²) in [6.07, 6.45) is 1.15. The molecule has 23 heavy (non-hydrogen) atoms. The standard InChI is InChI=1S/C17H12N2O4/c20-15-12-7-6-11(8-14(12)18-9-13(15)17(22)23)19-16(21)10-4-2-1-3-5-10/h1-9H,(H,18,20)(H,19,21)(H,22,23). The third-order valence-corrected chi connectivity index (χ3v) is 3.41. The molecule has 1 aromatic heterocycles. The molecule has 2 aromatic carbocycles. The van der Waals surface area contributed by atoms with Gasteiger partial charge in [0.1, 0.15) is 5.56 Å². The highest BCUT2D eigenvalue weighted by atomic mass is 16.4. The fourth-order valence-electron chi connectivity index (χ4n) is 2.25. The van der Waals surface area contributed by atoms with Crippen LogP contribution in [-0.4, -0.2) is 22.0 Å². The number of hydrogen-bond donors (Lipinski definition) is 3. The number of aromatic nitrogens is 1. The highest BCUT2D eigenvalue weighted by Gasteiger charge is 2.12. The van der Waals surface area contributed by atoms with E-state index in [-0.39, 0.29) is 16.9 Å². The van der Waals surface area contributed by atoms with Gasteiger partial charge in [0.2, 0.25) is 5.43 Å². The highest BCUT2D eigenvalue weighted by molar-refractivity contribution is 6.05. The lowest BCUT2D eigenvalue weighted by Gasteiger charge is -2.07. The SMILES string of the molecule is O=C(Nc1ccc2c(=O)c(C(=O)O)c[nH]c2c1)c1ccccc1. The van der Waals surface area contributed by atoms with Crippen molar-refractivity contribution in [1.29, 1.82) is 0 Å². The molecule has 0 aliphatic carbocycles. The van der Waals surface area contributed by atoms with Gasteiger partial charge in [0.15, 0.2) is 0 Å². The van der Waals surface area contributed by atoms with Crippen LogP contribution in [0.1, 0.15) is 20.7 Å². The molecular weight excluding hydrogens is 296 g/mol. The number of carbonyl (C=O) groups is 2. The van der Waals surface area contributed by atoms with Crippen molar-refractivity contribution in [3.8, 4) is 0 Å². The van der Waals surface area contributed by atoms with Crippen LogP contribution in [0.25, 0.3) is 10.9 Å². The van der Waals surface area contributed by atoms with Crippen LogP contribution in [0.2, 0.25) is 0 Å². The van der Waals surface area contributed by atoms with Crippen molar-refractivity contribution in [2.24, 2.45) is 0 Å². The van der Waals surface area contributed by atoms with Crippen molar-refractivity contribution in [3.05, 3.63) is 76.1 Å². The minimum absolute atomic E-state index is 0.252. The van der Waals surface area contributed by atoms with Gasteiger partial charge < -0.3 is 15.4 Å². The molecule has 3 N–H and O–H groups in total. The van der Waals surface area contributed by atoms with E-state index in [1.54, 1.807) is 36.4 Å². The molecule has 0 saturated carbocycles. The number of amides is 1. The van der Waals surface area contributed by atoms with Gasteiger partial charge in [0, 0.05) is 22.8 Å². The second-order valence-corrected chi connectivity index (χ2v) is 4.92. The van der Waals surface area contributed by atoms with Crippen molar-refractivity contribution in [2.45, 2.75) is 0 Å². The molecule has 6 nitrogen and oxygen atoms in total. The van der Waals surface area contributed by atoms with Gasteiger partial charge >= 0.3 is 5.97 Å². The van der Waals surface area contributed by atoms with Crippen LogP contribution in [0.3, 0.4) is 0 Å². The number of rotatable bonds is 3. The number of H-pyrrole nitrogens is 1. The van der Waals surface area contributed by atoms with Crippen LogP contribution in [0.15, 0.2) is 59.5 Å². The predicted octanol–water partition coefficient (Wildman–Crippen LogP) is 2.48. The van der Waals surface area contributed by atoms with Crippen molar-refractivity contribution in [2.75, 3.05) is 5.32 Å². The van der Waals surface area contributed by atoms with E-state index in [0.717, 1.165) is 6.20 Å². The zero-order valence-electron chi connectivity index (χ0n) is 11.9. The smallest absolute Gasteiger partial charge is 0.341 e. The monoisotopic (exact) mass is 308 g/mol. The Hall–Kier alpha value is -3.41. The molecular formula is C17H12N2O4. The summed E-state index contributed by atoms with van der Waals surface area (Å²) in [6, 6.07) is 13.4. The molecule has 0 spiro atoms. The lowest BCUT2D eigenvalue weighted by molar-refractivity contribution is 0.0695. The molecule has 3 aromatic rings. The summed E-state index contributed by atoms with van der Waals surface area (Å²) in [5, 5.41) is 11.9. The van der Waals surface area contributed by atoms with Gasteiger partial charge in [0.25, 0.3) is 5.91 Å². The van der Waals surface area contributed by atoms with E-state index < -0.39 is 11.4 Å². The highest BCUT2D eigenvalue weighted by Crippen LogP contribution is 2.16. The van der Waals surface area contributed by atoms with E-state index in [0.29, 0.717) is 16.8 Å². The zero-order chi connectivity index (χ0) is 16.4. The molecule has 0 saturated heterocycles. The maximum absolute atomic E-state index is 12.1. The molecule has 0 unspecified atom stereocenters. The van der Waals surface area contributed by atoms with E-state index in [4.69, 9.17) is 5.11 Å². The molecule has 114 valence electrons. The Morgan fingerprint density at radius 2 is 1.78 bits per heavy atom. The van der Waals surface area contributed by atoms with Crippen molar-refractivity contribution in [3.63, 3.8) is 0 Å². The predicted molar refractivity (Wildman–Crippen MR) is 85.9 cm³/mol. The van der Waals surface area contributed by atoms with Crippen LogP contribution in [0.4, 0.5) is 5.69 Å². The van der Waals surface area contributed by atoms with Crippen LogP contribution < -0.4 is 10.7 Å². The fraction of sp³-hybridized carbons (Fsp3) is 0. The third kappa shape index (κ3) is 2.82. The van der Waals surface area contributed by atoms with Crippen LogP contribution >= 0.6 is 0 Å². The van der Waals surface area contributed by atoms with Gasteiger partial charge in [-0.15, -0.1) is 0 Å². The number of aromatic carboxylic acids is 1. The Morgan fingerprint density at radius 1 is 1.04 bits per heavy atom. The Morgan fingerprint density at radius 3 is 2.48 bits per heavy atom. The maximum Gasteiger partial charge on any atom is 0.341 e. The van der Waals surface area contributed by atoms with Crippen molar-refractivity contribution < 1.29 is 14.7 Å². The first-order valence-electron chi connectivity index (χ1n) is 6.81. The second-order valence-electron chi connectivity index (χ2n) is 4.92. The number of benzene rings is 2. The summed E-state index contributed by atoms with van der Waals surface area (Å²) in [5.74, 6) is -1.55. The summed E-state index contributed by atoms with van der Waals surface area (Å²) in [5.41, 5.74) is 0.587. The molecule has 1 amide bonds. The van der Waals surface area contributed by atoms with Gasteiger partial charge in [-0.1, -0.05) is 18.2 Å². The summed E-state index contributed by atoms with van der Waals surface area (Å²) in [7, 11) is 0. The number of fused-ring (bicyclic) bond motifs is 1. The molecule has 3 rings (SSSR count). The van der Waals surface area contributed by atoms with Crippen LogP contribution in [-0.2, 0) is 0 Å². The average molecular weight is 308 g/mol. The Balaban J connectivity index is 1.95. The number of carbonyl (C=O) groups excluding carboxylic acids is 1. The first-order valence-corrected chi connectivity index (χ1v) is 6.81. The maximum atomic E-state index is 12.1. The number of aromatic amines is 1. The largest absolute Gasteiger partial charge is 0.477 e. The van der Waals surface area contributed by atoms with Gasteiger partial charge in [0.05, 0.1) is 5.52 Å². The molecule has 0 aliphatic heterocycles. The van der Waals surface area contributed by atoms with E-state index in [1.165, 1.54) is 6.07 Å². The van der Waals surface area contributed by atoms with Crippen LogP contribution in [0, 0.1) is 0 Å². The molecule has 0 radical (unpaired) electrons. The number of anilines is 1. The normalized spacial score (nSPS) is 10.4. The van der Waals surface area contributed by atoms with Gasteiger partial charge in [-0.2, -0.15) is 0 Å². The third-order valence-electron chi connectivity index (χ3n) is 3.41. The summed E-state index contributed by atoms with van der Waals surface area (Å²) >= 11 is 0. The van der Waals surface area contributed by atoms with Gasteiger partial charge in [-0.25, -0.2) is 4.79 Å². The molecule has 0 bridgehead atoms. The number of carboxylic acids is 1. The van der Waals surface area contributed by atoms with Crippen LogP contribution in [0.5, 0.6) is 0 Å². The first-order chi connectivity index (χ1) is 11.1. The summed E-state index contributed by atoms with van der Waals surface area (Å²) < 4.78 is 0. The molecule has 0 aliphatic rings. The van der Waals surface area contributed by atoms with E-state index in [2.05, 4.69) is 10.3 Å². The number of pyridine rings is 1. The number of hydrogen-bond acceptors (Lipinski definition) is 3. The summed E-state index contributed by atoms with van der Waals surface area (Å²) in [4.78, 5) is 37.9. The average Bonchev–Trinajstić information content (AvgIpc) is 2.55. The number of nitrogens with one attached hydrogen (secondary N) is 2. The second kappa shape index (κ2) is 5.76. The van der Waals surface area contributed by atoms with Gasteiger partial charge in [-0.3, -0.25) is 9.59 Å². The fourth-order valence-corrected chi connectivity index (χ4v) is 2.25. The Kier molecular flexibility index (Phi) is 3.64. The topological polar surface area (TPSA) is 99.3 Å². The zero-order valence-corrected chi connectivity index (χ0v) is 11.9. The van der Waals surface area contributed by atoms with E-state index in [9.17, 15) is 14.4 Å². The quantitative estimate of drug-likeness (QED) is 0.692. The minimum Gasteiger partial charge on any atom is -0.477 e. The lowest BCUT2D eigenvalue weighted by atomic mass is 10.1. The van der Waals surface area contributed by atoms with Crippen molar-refractivity contribution >= 4 is 28.5 Å². The molecule has 1 heterocycles. The molecule has 0 atom stereocenters. The lowest BCUT2D eigenvalue weighted by Crippen LogP contribution is -2.16. The minimum atomic E-state index is -1.28.